The minimum absolute atomic E-state index is 0.0296. The van der Waals surface area contributed by atoms with Crippen molar-refractivity contribution in [2.45, 2.75) is 18.2 Å². The number of aryl methyl sites for hydroxylation is 1. The number of aromatic nitrogens is 1. The van der Waals surface area contributed by atoms with Gasteiger partial charge in [0.2, 0.25) is 0 Å². The van der Waals surface area contributed by atoms with Gasteiger partial charge in [-0.15, -0.1) is 11.3 Å². The molecule has 0 fully saturated rings. The average Bonchev–Trinajstić information content (AvgIpc) is 2.87. The maximum Gasteiger partial charge on any atom is 0.355 e. The van der Waals surface area contributed by atoms with Crippen molar-refractivity contribution in [2.75, 3.05) is 4.72 Å². The van der Waals surface area contributed by atoms with E-state index in [9.17, 15) is 13.2 Å². The molecule has 1 aromatic carbocycles. The van der Waals surface area contributed by atoms with E-state index < -0.39 is 16.0 Å². The fraction of sp³-hybridized carbons (Fsp3) is 0.167. The molecule has 0 amide bonds. The molecule has 20 heavy (non-hydrogen) atoms. The van der Waals surface area contributed by atoms with Crippen LogP contribution in [0.4, 0.5) is 5.13 Å². The molecule has 1 heterocycles. The SMILES string of the molecule is CCc1ccc(S(=O)(=O)Nc2nc(C(=O)O)cs2)cc1. The van der Waals surface area contributed by atoms with Crippen LogP contribution in [-0.2, 0) is 16.4 Å². The van der Waals surface area contributed by atoms with Gasteiger partial charge in [0.05, 0.1) is 4.90 Å². The number of nitrogens with one attached hydrogen (secondary N) is 1. The van der Waals surface area contributed by atoms with Crippen LogP contribution in [0, 0.1) is 0 Å². The number of anilines is 1. The number of hydrogen-bond acceptors (Lipinski definition) is 5. The predicted molar refractivity (Wildman–Crippen MR) is 75.7 cm³/mol. The molecule has 2 N–H and O–H groups in total. The second kappa shape index (κ2) is 5.59. The predicted octanol–water partition coefficient (Wildman–Crippen LogP) is 2.20. The van der Waals surface area contributed by atoms with E-state index in [1.807, 2.05) is 6.92 Å². The lowest BCUT2D eigenvalue weighted by Crippen LogP contribution is -2.13. The fourth-order valence-electron chi connectivity index (χ4n) is 1.50. The summed E-state index contributed by atoms with van der Waals surface area (Å²) in [6, 6.07) is 6.48. The molecule has 1 aromatic heterocycles. The van der Waals surface area contributed by atoms with Crippen molar-refractivity contribution >= 4 is 32.5 Å². The quantitative estimate of drug-likeness (QED) is 0.882. The van der Waals surface area contributed by atoms with Crippen molar-refractivity contribution in [3.63, 3.8) is 0 Å². The van der Waals surface area contributed by atoms with Gasteiger partial charge >= 0.3 is 5.97 Å². The van der Waals surface area contributed by atoms with Gasteiger partial charge in [-0.3, -0.25) is 4.72 Å². The number of sulfonamides is 1. The molecule has 0 aliphatic rings. The first-order chi connectivity index (χ1) is 9.42. The molecular formula is C12H12N2O4S2. The number of hydrogen-bond donors (Lipinski definition) is 2. The van der Waals surface area contributed by atoms with Gasteiger partial charge in [0.15, 0.2) is 10.8 Å². The molecule has 2 aromatic rings. The van der Waals surface area contributed by atoms with Crippen LogP contribution in [0.5, 0.6) is 0 Å². The summed E-state index contributed by atoms with van der Waals surface area (Å²) in [5.74, 6) is -1.20. The van der Waals surface area contributed by atoms with E-state index in [2.05, 4.69) is 9.71 Å². The third-order valence-corrected chi connectivity index (χ3v) is 4.83. The first-order valence-corrected chi connectivity index (χ1v) is 8.09. The summed E-state index contributed by atoms with van der Waals surface area (Å²) in [6.45, 7) is 1.98. The molecule has 0 spiro atoms. The standard InChI is InChI=1S/C12H12N2O4S2/c1-2-8-3-5-9(6-4-8)20(17,18)14-12-13-10(7-19-12)11(15)16/h3-7H,2H2,1H3,(H,13,14)(H,15,16). The zero-order valence-electron chi connectivity index (χ0n) is 10.5. The maximum absolute atomic E-state index is 12.1. The molecule has 2 rings (SSSR count). The molecule has 0 unspecified atom stereocenters. The average molecular weight is 312 g/mol. The first-order valence-electron chi connectivity index (χ1n) is 5.73. The van der Waals surface area contributed by atoms with Crippen LogP contribution in [-0.4, -0.2) is 24.5 Å². The third kappa shape index (κ3) is 3.14. The second-order valence-corrected chi connectivity index (χ2v) is 6.49. The van der Waals surface area contributed by atoms with E-state index in [0.717, 1.165) is 23.3 Å². The number of carboxylic acids is 1. The molecule has 0 saturated carbocycles. The summed E-state index contributed by atoms with van der Waals surface area (Å²) in [5.41, 5.74) is 0.848. The van der Waals surface area contributed by atoms with Gasteiger partial charge < -0.3 is 5.11 Å². The van der Waals surface area contributed by atoms with Crippen LogP contribution in [0.1, 0.15) is 23.0 Å². The maximum atomic E-state index is 12.1. The smallest absolute Gasteiger partial charge is 0.355 e. The van der Waals surface area contributed by atoms with Crippen LogP contribution >= 0.6 is 11.3 Å². The summed E-state index contributed by atoms with van der Waals surface area (Å²) < 4.78 is 26.4. The molecule has 0 aliphatic carbocycles. The van der Waals surface area contributed by atoms with Gasteiger partial charge in [0.25, 0.3) is 10.0 Å². The van der Waals surface area contributed by atoms with Crippen molar-refractivity contribution in [1.82, 2.24) is 4.98 Å². The largest absolute Gasteiger partial charge is 0.476 e. The summed E-state index contributed by atoms with van der Waals surface area (Å²) in [4.78, 5) is 14.5. The highest BCUT2D eigenvalue weighted by Crippen LogP contribution is 2.20. The van der Waals surface area contributed by atoms with E-state index in [0.29, 0.717) is 0 Å². The molecule has 0 atom stereocenters. The van der Waals surface area contributed by atoms with Crippen molar-refractivity contribution in [1.29, 1.82) is 0 Å². The van der Waals surface area contributed by atoms with Crippen LogP contribution in [0.2, 0.25) is 0 Å². The van der Waals surface area contributed by atoms with E-state index in [-0.39, 0.29) is 15.7 Å². The Balaban J connectivity index is 2.23. The Morgan fingerprint density at radius 2 is 2.00 bits per heavy atom. The van der Waals surface area contributed by atoms with Crippen LogP contribution < -0.4 is 4.72 Å². The van der Waals surface area contributed by atoms with Gasteiger partial charge in [0.1, 0.15) is 0 Å². The van der Waals surface area contributed by atoms with Gasteiger partial charge in [-0.25, -0.2) is 18.2 Å². The monoisotopic (exact) mass is 312 g/mol. The molecular weight excluding hydrogens is 300 g/mol. The highest BCUT2D eigenvalue weighted by Gasteiger charge is 2.17. The van der Waals surface area contributed by atoms with Crippen molar-refractivity contribution < 1.29 is 18.3 Å². The fourth-order valence-corrected chi connectivity index (χ4v) is 3.43. The normalized spacial score (nSPS) is 11.2. The Morgan fingerprint density at radius 1 is 1.35 bits per heavy atom. The number of carbonyl (C=O) groups is 1. The highest BCUT2D eigenvalue weighted by molar-refractivity contribution is 7.93. The number of nitrogens with zero attached hydrogens (tertiary/aromatic N) is 1. The van der Waals surface area contributed by atoms with Crippen molar-refractivity contribution in [2.24, 2.45) is 0 Å². The van der Waals surface area contributed by atoms with Gasteiger partial charge in [0, 0.05) is 5.38 Å². The molecule has 0 bridgehead atoms. The number of carboxylic acid groups (broad SMARTS) is 1. The van der Waals surface area contributed by atoms with Gasteiger partial charge in [-0.1, -0.05) is 19.1 Å². The molecule has 0 aliphatic heterocycles. The Bertz CT molecular complexity index is 720. The Morgan fingerprint density at radius 3 is 2.50 bits per heavy atom. The zero-order valence-corrected chi connectivity index (χ0v) is 12.2. The zero-order chi connectivity index (χ0) is 14.8. The molecule has 6 nitrogen and oxygen atoms in total. The lowest BCUT2D eigenvalue weighted by atomic mass is 10.2. The molecule has 0 radical (unpaired) electrons. The number of benzene rings is 1. The first kappa shape index (κ1) is 14.5. The number of aromatic carboxylic acids is 1. The third-order valence-electron chi connectivity index (χ3n) is 2.59. The summed E-state index contributed by atoms with van der Waals surface area (Å²) in [5, 5.41) is 10.0. The van der Waals surface area contributed by atoms with Crippen molar-refractivity contribution in [3.05, 3.63) is 40.9 Å². The summed E-state index contributed by atoms with van der Waals surface area (Å²) >= 11 is 0.925. The van der Waals surface area contributed by atoms with Crippen LogP contribution in [0.25, 0.3) is 0 Å². The van der Waals surface area contributed by atoms with Gasteiger partial charge in [-0.05, 0) is 24.1 Å². The number of thiazole rings is 1. The summed E-state index contributed by atoms with van der Waals surface area (Å²) in [6.07, 6.45) is 0.822. The molecule has 0 saturated heterocycles. The van der Waals surface area contributed by atoms with E-state index in [4.69, 9.17) is 5.11 Å². The Kier molecular flexibility index (Phi) is 4.05. The Hall–Kier alpha value is -1.93. The van der Waals surface area contributed by atoms with E-state index in [1.165, 1.54) is 17.5 Å². The lowest BCUT2D eigenvalue weighted by Gasteiger charge is -2.05. The van der Waals surface area contributed by atoms with E-state index >= 15 is 0 Å². The minimum atomic E-state index is -3.75. The van der Waals surface area contributed by atoms with E-state index in [1.54, 1.807) is 12.1 Å². The number of rotatable bonds is 5. The molecule has 106 valence electrons. The molecule has 8 heteroatoms. The lowest BCUT2D eigenvalue weighted by molar-refractivity contribution is 0.0691. The topological polar surface area (TPSA) is 96.4 Å². The minimum Gasteiger partial charge on any atom is -0.476 e. The Labute approximate surface area is 120 Å². The van der Waals surface area contributed by atoms with Crippen molar-refractivity contribution in [3.8, 4) is 0 Å². The van der Waals surface area contributed by atoms with Crippen LogP contribution in [0.3, 0.4) is 0 Å². The summed E-state index contributed by atoms with van der Waals surface area (Å²) in [7, 11) is -3.75. The van der Waals surface area contributed by atoms with Crippen LogP contribution in [0.15, 0.2) is 34.5 Å². The second-order valence-electron chi connectivity index (χ2n) is 3.95. The van der Waals surface area contributed by atoms with Gasteiger partial charge in [-0.2, -0.15) is 0 Å². The highest BCUT2D eigenvalue weighted by atomic mass is 32.2.